The summed E-state index contributed by atoms with van der Waals surface area (Å²) in [7, 11) is -3.74. The molecule has 0 spiro atoms. The lowest BCUT2D eigenvalue weighted by atomic mass is 10.2. The van der Waals surface area contributed by atoms with Gasteiger partial charge in [0.2, 0.25) is 0 Å². The molecule has 0 aliphatic heterocycles. The van der Waals surface area contributed by atoms with E-state index in [1.165, 1.54) is 15.6 Å². The summed E-state index contributed by atoms with van der Waals surface area (Å²) >= 11 is 1.49. The lowest BCUT2D eigenvalue weighted by Gasteiger charge is -2.24. The topological polar surface area (TPSA) is 55.2 Å². The van der Waals surface area contributed by atoms with Crippen molar-refractivity contribution in [2.24, 2.45) is 0 Å². The van der Waals surface area contributed by atoms with Gasteiger partial charge in [0.25, 0.3) is 10.0 Å². The molecule has 0 amide bonds. The Morgan fingerprint density at radius 1 is 1.19 bits per heavy atom. The molecule has 0 saturated carbocycles. The zero-order chi connectivity index (χ0) is 18.9. The maximum Gasteiger partial charge on any atom is 0.268 e. The Balaban J connectivity index is 2.19. The van der Waals surface area contributed by atoms with Gasteiger partial charge in [-0.3, -0.25) is 8.99 Å². The number of rotatable bonds is 6. The van der Waals surface area contributed by atoms with Gasteiger partial charge in [0.15, 0.2) is 0 Å². The van der Waals surface area contributed by atoms with Crippen molar-refractivity contribution in [3.05, 3.63) is 53.5 Å². The number of hydrogen-bond acceptors (Lipinski definition) is 4. The van der Waals surface area contributed by atoms with E-state index >= 15 is 0 Å². The molecule has 0 atom stereocenters. The Morgan fingerprint density at radius 2 is 1.92 bits per heavy atom. The van der Waals surface area contributed by atoms with Gasteiger partial charge in [-0.05, 0) is 50.8 Å². The molecule has 7 heteroatoms. The summed E-state index contributed by atoms with van der Waals surface area (Å²) < 4.78 is 30.3. The van der Waals surface area contributed by atoms with Crippen LogP contribution in [-0.4, -0.2) is 24.7 Å². The van der Waals surface area contributed by atoms with Crippen LogP contribution in [0.25, 0.3) is 10.6 Å². The second-order valence-corrected chi connectivity index (χ2v) is 9.13. The Labute approximate surface area is 159 Å². The molecule has 2 aromatic heterocycles. The zero-order valence-electron chi connectivity index (χ0n) is 15.4. The SMILES string of the molecule is CCN(c1ccccc1C)S(=O)(=O)c1cn(C(C)C)nc1-c1cccs1. The van der Waals surface area contributed by atoms with Gasteiger partial charge < -0.3 is 0 Å². The van der Waals surface area contributed by atoms with Crippen LogP contribution in [0.2, 0.25) is 0 Å². The van der Waals surface area contributed by atoms with E-state index in [2.05, 4.69) is 5.10 Å². The van der Waals surface area contributed by atoms with Gasteiger partial charge in [0, 0.05) is 18.8 Å². The smallest absolute Gasteiger partial charge is 0.268 e. The van der Waals surface area contributed by atoms with Gasteiger partial charge in [0.05, 0.1) is 10.6 Å². The fourth-order valence-corrected chi connectivity index (χ4v) is 5.31. The van der Waals surface area contributed by atoms with E-state index < -0.39 is 10.0 Å². The third-order valence-electron chi connectivity index (χ3n) is 4.22. The van der Waals surface area contributed by atoms with Crippen LogP contribution < -0.4 is 4.31 Å². The summed E-state index contributed by atoms with van der Waals surface area (Å²) in [6, 6.07) is 11.4. The Hall–Kier alpha value is -2.12. The lowest BCUT2D eigenvalue weighted by Crippen LogP contribution is -2.31. The summed E-state index contributed by atoms with van der Waals surface area (Å²) in [6.45, 7) is 8.10. The number of thiophene rings is 1. The van der Waals surface area contributed by atoms with Gasteiger partial charge >= 0.3 is 0 Å². The van der Waals surface area contributed by atoms with Crippen molar-refractivity contribution in [2.75, 3.05) is 10.8 Å². The summed E-state index contributed by atoms with van der Waals surface area (Å²) in [5, 5.41) is 6.50. The van der Waals surface area contributed by atoms with Crippen molar-refractivity contribution in [3.8, 4) is 10.6 Å². The first-order valence-electron chi connectivity index (χ1n) is 8.57. The van der Waals surface area contributed by atoms with Gasteiger partial charge in [0.1, 0.15) is 10.6 Å². The Kier molecular flexibility index (Phi) is 5.20. The fourth-order valence-electron chi connectivity index (χ4n) is 2.84. The van der Waals surface area contributed by atoms with Crippen LogP contribution in [0, 0.1) is 6.92 Å². The highest BCUT2D eigenvalue weighted by atomic mass is 32.2. The summed E-state index contributed by atoms with van der Waals surface area (Å²) in [4.78, 5) is 1.10. The van der Waals surface area contributed by atoms with Crippen LogP contribution in [0.5, 0.6) is 0 Å². The average molecular weight is 390 g/mol. The highest BCUT2D eigenvalue weighted by molar-refractivity contribution is 7.93. The van der Waals surface area contributed by atoms with E-state index in [1.807, 2.05) is 69.5 Å². The highest BCUT2D eigenvalue weighted by Gasteiger charge is 2.31. The second-order valence-electron chi connectivity index (χ2n) is 6.35. The Bertz CT molecular complexity index is 990. The molecule has 26 heavy (non-hydrogen) atoms. The molecule has 5 nitrogen and oxygen atoms in total. The van der Waals surface area contributed by atoms with Gasteiger partial charge in [-0.15, -0.1) is 11.3 Å². The van der Waals surface area contributed by atoms with Crippen LogP contribution in [0.4, 0.5) is 5.69 Å². The molecule has 138 valence electrons. The Morgan fingerprint density at radius 3 is 2.50 bits per heavy atom. The quantitative estimate of drug-likeness (QED) is 0.613. The predicted molar refractivity (Wildman–Crippen MR) is 107 cm³/mol. The number of aryl methyl sites for hydroxylation is 1. The first kappa shape index (κ1) is 18.7. The molecule has 0 radical (unpaired) electrons. The number of sulfonamides is 1. The summed E-state index contributed by atoms with van der Waals surface area (Å²) in [5.74, 6) is 0. The highest BCUT2D eigenvalue weighted by Crippen LogP contribution is 2.34. The van der Waals surface area contributed by atoms with Gasteiger partial charge in [-0.2, -0.15) is 5.10 Å². The monoisotopic (exact) mass is 389 g/mol. The van der Waals surface area contributed by atoms with E-state index in [9.17, 15) is 8.42 Å². The molecule has 0 fully saturated rings. The molecular formula is C19H23N3O2S2. The number of aromatic nitrogens is 2. The normalized spacial score (nSPS) is 11.9. The molecule has 0 aliphatic carbocycles. The molecule has 0 unspecified atom stereocenters. The molecule has 2 heterocycles. The molecule has 1 aromatic carbocycles. The maximum absolute atomic E-state index is 13.5. The molecule has 3 rings (SSSR count). The number of para-hydroxylation sites is 1. The number of hydrogen-bond donors (Lipinski definition) is 0. The molecule has 0 aliphatic rings. The van der Waals surface area contributed by atoms with Crippen LogP contribution in [0.15, 0.2) is 52.9 Å². The lowest BCUT2D eigenvalue weighted by molar-refractivity contribution is 0.532. The van der Waals surface area contributed by atoms with Crippen molar-refractivity contribution in [1.29, 1.82) is 0 Å². The first-order valence-corrected chi connectivity index (χ1v) is 10.9. The minimum absolute atomic E-state index is 0.0752. The maximum atomic E-state index is 13.5. The molecular weight excluding hydrogens is 366 g/mol. The summed E-state index contributed by atoms with van der Waals surface area (Å²) in [6.07, 6.45) is 1.65. The minimum atomic E-state index is -3.74. The standard InChI is InChI=1S/C19H23N3O2S2/c1-5-22(16-10-7-6-9-15(16)4)26(23,24)18-13-21(14(2)3)20-19(18)17-11-8-12-25-17/h6-14H,5H2,1-4H3. The average Bonchev–Trinajstić information content (AvgIpc) is 3.26. The minimum Gasteiger partial charge on any atom is -0.268 e. The van der Waals surface area contributed by atoms with E-state index in [1.54, 1.807) is 10.9 Å². The molecule has 0 saturated heterocycles. The van der Waals surface area contributed by atoms with Crippen LogP contribution in [0.3, 0.4) is 0 Å². The molecule has 0 N–H and O–H groups in total. The van der Waals surface area contributed by atoms with E-state index in [-0.39, 0.29) is 10.9 Å². The van der Waals surface area contributed by atoms with E-state index in [0.29, 0.717) is 17.9 Å². The van der Waals surface area contributed by atoms with Gasteiger partial charge in [-0.25, -0.2) is 8.42 Å². The largest absolute Gasteiger partial charge is 0.268 e. The van der Waals surface area contributed by atoms with E-state index in [4.69, 9.17) is 0 Å². The van der Waals surface area contributed by atoms with Crippen molar-refractivity contribution >= 4 is 27.0 Å². The van der Waals surface area contributed by atoms with Gasteiger partial charge in [-0.1, -0.05) is 24.3 Å². The fraction of sp³-hybridized carbons (Fsp3) is 0.316. The van der Waals surface area contributed by atoms with Crippen LogP contribution >= 0.6 is 11.3 Å². The van der Waals surface area contributed by atoms with Crippen LogP contribution in [0.1, 0.15) is 32.4 Å². The third kappa shape index (κ3) is 3.29. The van der Waals surface area contributed by atoms with E-state index in [0.717, 1.165) is 10.4 Å². The van der Waals surface area contributed by atoms with Crippen molar-refractivity contribution < 1.29 is 8.42 Å². The zero-order valence-corrected chi connectivity index (χ0v) is 17.0. The second kappa shape index (κ2) is 7.25. The third-order valence-corrected chi connectivity index (χ3v) is 6.99. The number of nitrogens with zero attached hydrogens (tertiary/aromatic N) is 3. The first-order chi connectivity index (χ1) is 12.4. The molecule has 0 bridgehead atoms. The summed E-state index contributed by atoms with van der Waals surface area (Å²) in [5.41, 5.74) is 2.14. The molecule has 3 aromatic rings. The van der Waals surface area contributed by atoms with Crippen molar-refractivity contribution in [1.82, 2.24) is 9.78 Å². The van der Waals surface area contributed by atoms with Crippen molar-refractivity contribution in [3.63, 3.8) is 0 Å². The number of benzene rings is 1. The van der Waals surface area contributed by atoms with Crippen LogP contribution in [-0.2, 0) is 10.0 Å². The predicted octanol–water partition coefficient (Wildman–Crippen LogP) is 4.72. The van der Waals surface area contributed by atoms with Crippen molar-refractivity contribution in [2.45, 2.75) is 38.6 Å². The number of anilines is 1.